The predicted molar refractivity (Wildman–Crippen MR) is 55.1 cm³/mol. The van der Waals surface area contributed by atoms with Crippen LogP contribution in [-0.4, -0.2) is 15.0 Å². The fraction of sp³-hybridized carbons (Fsp3) is 0.273. The molecule has 14 heavy (non-hydrogen) atoms. The van der Waals surface area contributed by atoms with E-state index < -0.39 is 0 Å². The van der Waals surface area contributed by atoms with Gasteiger partial charge in [-0.2, -0.15) is 0 Å². The Balaban J connectivity index is 2.18. The minimum atomic E-state index is 0.822. The van der Waals surface area contributed by atoms with Crippen LogP contribution in [0.1, 0.15) is 22.6 Å². The van der Waals surface area contributed by atoms with E-state index in [4.69, 9.17) is 0 Å². The summed E-state index contributed by atoms with van der Waals surface area (Å²) in [6.07, 6.45) is 6.48. The minimum Gasteiger partial charge on any atom is -0.348 e. The highest BCUT2D eigenvalue weighted by atomic mass is 14.9. The maximum absolute atomic E-state index is 4.35. The number of pyridine rings is 1. The van der Waals surface area contributed by atoms with Crippen molar-refractivity contribution in [2.45, 2.75) is 20.3 Å². The Kier molecular flexibility index (Phi) is 2.31. The van der Waals surface area contributed by atoms with Gasteiger partial charge in [0.25, 0.3) is 0 Å². The van der Waals surface area contributed by atoms with Gasteiger partial charge in [-0.1, -0.05) is 6.07 Å². The van der Waals surface area contributed by atoms with E-state index in [1.165, 1.54) is 11.1 Å². The molecule has 2 aromatic rings. The molecule has 2 rings (SSSR count). The van der Waals surface area contributed by atoms with Gasteiger partial charge in [-0.05, 0) is 25.0 Å². The van der Waals surface area contributed by atoms with E-state index >= 15 is 0 Å². The number of hydrogen-bond acceptors (Lipinski definition) is 2. The number of rotatable bonds is 2. The molecule has 0 aliphatic heterocycles. The van der Waals surface area contributed by atoms with Crippen LogP contribution in [0.3, 0.4) is 0 Å². The Labute approximate surface area is 83.2 Å². The summed E-state index contributed by atoms with van der Waals surface area (Å²) >= 11 is 0. The Morgan fingerprint density at radius 2 is 2.14 bits per heavy atom. The summed E-state index contributed by atoms with van der Waals surface area (Å²) in [6.45, 7) is 4.03. The highest BCUT2D eigenvalue weighted by Crippen LogP contribution is 2.06. The van der Waals surface area contributed by atoms with Crippen molar-refractivity contribution in [1.29, 1.82) is 0 Å². The van der Waals surface area contributed by atoms with E-state index in [9.17, 15) is 0 Å². The van der Waals surface area contributed by atoms with Crippen LogP contribution in [0.5, 0.6) is 0 Å². The van der Waals surface area contributed by atoms with Crippen molar-refractivity contribution in [2.24, 2.45) is 0 Å². The molecule has 0 atom stereocenters. The SMILES string of the molecule is Cc1cncc(Cc2nc(C)c[nH]2)c1. The lowest BCUT2D eigenvalue weighted by Crippen LogP contribution is -1.92. The van der Waals surface area contributed by atoms with Crippen molar-refractivity contribution >= 4 is 0 Å². The zero-order chi connectivity index (χ0) is 9.97. The van der Waals surface area contributed by atoms with Crippen LogP contribution in [0.4, 0.5) is 0 Å². The zero-order valence-electron chi connectivity index (χ0n) is 8.41. The first kappa shape index (κ1) is 8.94. The first-order valence-corrected chi connectivity index (χ1v) is 4.65. The molecule has 2 aromatic heterocycles. The van der Waals surface area contributed by atoms with Gasteiger partial charge in [-0.25, -0.2) is 4.98 Å². The summed E-state index contributed by atoms with van der Waals surface area (Å²) < 4.78 is 0. The zero-order valence-corrected chi connectivity index (χ0v) is 8.41. The van der Waals surface area contributed by atoms with Crippen molar-refractivity contribution in [3.63, 3.8) is 0 Å². The predicted octanol–water partition coefficient (Wildman–Crippen LogP) is 2.01. The molecular formula is C11H13N3. The number of hydrogen-bond donors (Lipinski definition) is 1. The van der Waals surface area contributed by atoms with Crippen LogP contribution in [0, 0.1) is 13.8 Å². The number of imidazole rings is 1. The molecule has 3 heteroatoms. The van der Waals surface area contributed by atoms with Gasteiger partial charge in [0.15, 0.2) is 0 Å². The van der Waals surface area contributed by atoms with Gasteiger partial charge in [0.2, 0.25) is 0 Å². The second-order valence-electron chi connectivity index (χ2n) is 3.54. The number of nitrogens with zero attached hydrogens (tertiary/aromatic N) is 2. The summed E-state index contributed by atoms with van der Waals surface area (Å²) in [5.41, 5.74) is 3.41. The highest BCUT2D eigenvalue weighted by Gasteiger charge is 2.00. The Bertz CT molecular complexity index is 432. The first-order valence-electron chi connectivity index (χ1n) is 4.65. The summed E-state index contributed by atoms with van der Waals surface area (Å²) in [7, 11) is 0. The van der Waals surface area contributed by atoms with E-state index in [-0.39, 0.29) is 0 Å². The molecule has 0 spiro atoms. The van der Waals surface area contributed by atoms with Gasteiger partial charge in [0.1, 0.15) is 5.82 Å². The normalized spacial score (nSPS) is 10.4. The monoisotopic (exact) mass is 187 g/mol. The average molecular weight is 187 g/mol. The fourth-order valence-electron chi connectivity index (χ4n) is 1.46. The van der Waals surface area contributed by atoms with Gasteiger partial charge in [0.05, 0.1) is 5.69 Å². The number of aromatic amines is 1. The molecule has 0 aromatic carbocycles. The number of H-pyrrole nitrogens is 1. The molecule has 0 radical (unpaired) electrons. The number of aryl methyl sites for hydroxylation is 2. The molecule has 72 valence electrons. The van der Waals surface area contributed by atoms with Gasteiger partial charge in [-0.15, -0.1) is 0 Å². The Morgan fingerprint density at radius 1 is 1.29 bits per heavy atom. The highest BCUT2D eigenvalue weighted by molar-refractivity contribution is 5.20. The van der Waals surface area contributed by atoms with Crippen LogP contribution in [0.15, 0.2) is 24.7 Å². The molecular weight excluding hydrogens is 174 g/mol. The summed E-state index contributed by atoms with van der Waals surface area (Å²) in [5.74, 6) is 0.995. The molecule has 0 aliphatic rings. The third kappa shape index (κ3) is 1.99. The van der Waals surface area contributed by atoms with Crippen LogP contribution in [0.2, 0.25) is 0 Å². The van der Waals surface area contributed by atoms with Gasteiger partial charge in [-0.3, -0.25) is 4.98 Å². The van der Waals surface area contributed by atoms with E-state index in [2.05, 4.69) is 21.0 Å². The Hall–Kier alpha value is -1.64. The molecule has 2 heterocycles. The molecule has 1 N–H and O–H groups in total. The Morgan fingerprint density at radius 3 is 2.79 bits per heavy atom. The third-order valence-corrected chi connectivity index (χ3v) is 2.06. The smallest absolute Gasteiger partial charge is 0.110 e. The van der Waals surface area contributed by atoms with E-state index in [1.54, 1.807) is 0 Å². The van der Waals surface area contributed by atoms with E-state index in [0.717, 1.165) is 17.9 Å². The van der Waals surface area contributed by atoms with Crippen LogP contribution < -0.4 is 0 Å². The third-order valence-electron chi connectivity index (χ3n) is 2.06. The topological polar surface area (TPSA) is 41.6 Å². The molecule has 0 saturated heterocycles. The lowest BCUT2D eigenvalue weighted by Gasteiger charge is -1.98. The molecule has 0 amide bonds. The fourth-order valence-corrected chi connectivity index (χ4v) is 1.46. The average Bonchev–Trinajstić information content (AvgIpc) is 2.51. The maximum Gasteiger partial charge on any atom is 0.110 e. The van der Waals surface area contributed by atoms with Crippen molar-refractivity contribution < 1.29 is 0 Å². The molecule has 0 saturated carbocycles. The maximum atomic E-state index is 4.35. The number of nitrogens with one attached hydrogen (secondary N) is 1. The van der Waals surface area contributed by atoms with Crippen LogP contribution >= 0.6 is 0 Å². The summed E-state index contributed by atoms with van der Waals surface area (Å²) in [6, 6.07) is 2.13. The summed E-state index contributed by atoms with van der Waals surface area (Å²) in [5, 5.41) is 0. The molecule has 0 aliphatic carbocycles. The summed E-state index contributed by atoms with van der Waals surface area (Å²) in [4.78, 5) is 11.6. The molecule has 3 nitrogen and oxygen atoms in total. The quantitative estimate of drug-likeness (QED) is 0.781. The minimum absolute atomic E-state index is 0.822. The van der Waals surface area contributed by atoms with Crippen molar-refractivity contribution in [3.05, 3.63) is 47.3 Å². The largest absolute Gasteiger partial charge is 0.348 e. The van der Waals surface area contributed by atoms with Gasteiger partial charge in [0, 0.05) is 25.0 Å². The molecule has 0 fully saturated rings. The lowest BCUT2D eigenvalue weighted by atomic mass is 10.1. The van der Waals surface area contributed by atoms with E-state index in [0.29, 0.717) is 0 Å². The lowest BCUT2D eigenvalue weighted by molar-refractivity contribution is 1.00. The first-order chi connectivity index (χ1) is 6.74. The van der Waals surface area contributed by atoms with E-state index in [1.807, 2.05) is 32.4 Å². The molecule has 0 bridgehead atoms. The van der Waals surface area contributed by atoms with Gasteiger partial charge < -0.3 is 4.98 Å². The number of aromatic nitrogens is 3. The van der Waals surface area contributed by atoms with Crippen molar-refractivity contribution in [1.82, 2.24) is 15.0 Å². The second kappa shape index (κ2) is 3.62. The van der Waals surface area contributed by atoms with Crippen LogP contribution in [0.25, 0.3) is 0 Å². The van der Waals surface area contributed by atoms with Crippen LogP contribution in [-0.2, 0) is 6.42 Å². The standard InChI is InChI=1S/C11H13N3/c1-8-3-10(7-12-5-8)4-11-13-6-9(2)14-11/h3,5-7H,4H2,1-2H3,(H,13,14). The van der Waals surface area contributed by atoms with Gasteiger partial charge >= 0.3 is 0 Å². The van der Waals surface area contributed by atoms with Crippen molar-refractivity contribution in [3.8, 4) is 0 Å². The second-order valence-corrected chi connectivity index (χ2v) is 3.54. The van der Waals surface area contributed by atoms with Crippen molar-refractivity contribution in [2.75, 3.05) is 0 Å². The molecule has 0 unspecified atom stereocenters.